The van der Waals surface area contributed by atoms with Crippen molar-refractivity contribution in [1.29, 1.82) is 0 Å². The Morgan fingerprint density at radius 2 is 1.26 bits per heavy atom. The molecule has 378 valence electrons. The maximum Gasteiger partial charge on any atom is 0.472 e. The number of esters is 2. The lowest BCUT2D eigenvalue weighted by molar-refractivity contribution is -0.870. The number of nitrogens with two attached hydrogens (primary N) is 1. The topological polar surface area (TPSA) is 192 Å². The molecule has 15 heteroatoms. The summed E-state index contributed by atoms with van der Waals surface area (Å²) in [6, 6.07) is -1.13. The van der Waals surface area contributed by atoms with Crippen molar-refractivity contribution in [2.45, 2.75) is 166 Å². The number of carboxylic acid groups (broad SMARTS) is 1. The van der Waals surface area contributed by atoms with Crippen LogP contribution in [0.2, 0.25) is 0 Å². The van der Waals surface area contributed by atoms with Gasteiger partial charge in [0.2, 0.25) is 0 Å². The normalized spacial score (nSPS) is 15.5. The molecule has 0 fully saturated rings. The molecule has 13 nitrogen and oxygen atoms in total. The van der Waals surface area contributed by atoms with Crippen molar-refractivity contribution in [3.8, 4) is 0 Å². The molecule has 0 amide bonds. The van der Waals surface area contributed by atoms with Gasteiger partial charge in [-0.2, -0.15) is 0 Å². The zero-order chi connectivity index (χ0) is 49.2. The molecular weight excluding hydrogens is 880 g/mol. The molecule has 0 aromatic heterocycles. The number of allylic oxidation sites excluding steroid dienone is 13. The van der Waals surface area contributed by atoms with Gasteiger partial charge in [0.1, 0.15) is 25.8 Å². The minimum absolute atomic E-state index is 0.0505. The van der Waals surface area contributed by atoms with Crippen LogP contribution in [-0.2, 0) is 37.5 Å². The highest BCUT2D eigenvalue weighted by atomic mass is 32.2. The molecule has 5 N–H and O–H groups in total. The molecule has 0 aliphatic carbocycles. The number of carboxylic acids is 1. The Labute approximate surface area is 402 Å². The number of carbonyl (C=O) groups excluding carboxylic acids is 2. The summed E-state index contributed by atoms with van der Waals surface area (Å²) < 4.78 is 34.4. The maximum absolute atomic E-state index is 13.1. The number of carbonyl (C=O) groups is 3. The molecule has 0 saturated heterocycles. The molecule has 1 unspecified atom stereocenters. The second kappa shape index (κ2) is 42.1. The largest absolute Gasteiger partial charge is 0.481 e. The molecule has 0 aliphatic heterocycles. The van der Waals surface area contributed by atoms with Crippen LogP contribution in [-0.4, -0.2) is 114 Å². The first-order chi connectivity index (χ1) is 31.6. The lowest BCUT2D eigenvalue weighted by Crippen LogP contribution is -2.39. The van der Waals surface area contributed by atoms with Crippen LogP contribution in [0.1, 0.15) is 142 Å². The van der Waals surface area contributed by atoms with E-state index in [2.05, 4.69) is 62.5 Å². The van der Waals surface area contributed by atoms with Crippen molar-refractivity contribution in [1.82, 2.24) is 0 Å². The Balaban J connectivity index is 5.24. The first-order valence-electron chi connectivity index (χ1n) is 24.3. The number of phosphoric acid groups is 1. The number of hydrogen-bond acceptors (Lipinski definition) is 11. The number of ether oxygens (including phenoxy) is 2. The molecule has 0 bridgehead atoms. The summed E-state index contributed by atoms with van der Waals surface area (Å²) in [5.41, 5.74) is 6.21. The number of rotatable bonds is 43. The van der Waals surface area contributed by atoms with Gasteiger partial charge in [0.05, 0.1) is 33.9 Å². The number of aliphatic carboxylic acids is 1. The zero-order valence-electron chi connectivity index (χ0n) is 41.1. The number of unbranched alkanes of at least 4 members (excludes halogenated alkanes) is 10. The molecule has 66 heavy (non-hydrogen) atoms. The maximum atomic E-state index is 13.1. The highest BCUT2D eigenvalue weighted by Crippen LogP contribution is 2.43. The SMILES string of the molecule is CCCCC/C=C\C\C=C/C=C/C=C/[C@@H](SC[C@H](N)C(=O)OC[C@H](COP(=O)(O)OCC[N+](C)(C)C)OC(=O)CCCCCC/C=C\C/C=C\C/C=C\CCCCC)[C@@H](O)CCCC(=O)O. The second-order valence-electron chi connectivity index (χ2n) is 17.3. The molecule has 0 spiro atoms. The lowest BCUT2D eigenvalue weighted by Gasteiger charge is -2.24. The molecule has 0 radical (unpaired) electrons. The van der Waals surface area contributed by atoms with Gasteiger partial charge in [-0.3, -0.25) is 23.4 Å². The van der Waals surface area contributed by atoms with Crippen molar-refractivity contribution < 1.29 is 57.1 Å². The fourth-order valence-corrected chi connectivity index (χ4v) is 7.80. The molecule has 0 aliphatic rings. The van der Waals surface area contributed by atoms with Crippen molar-refractivity contribution in [2.75, 3.05) is 53.3 Å². The predicted molar refractivity (Wildman–Crippen MR) is 271 cm³/mol. The van der Waals surface area contributed by atoms with E-state index in [0.717, 1.165) is 57.8 Å². The van der Waals surface area contributed by atoms with Gasteiger partial charge in [0, 0.05) is 23.8 Å². The van der Waals surface area contributed by atoms with Gasteiger partial charge in [-0.05, 0) is 77.0 Å². The number of aliphatic hydroxyl groups excluding tert-OH is 1. The minimum atomic E-state index is -4.52. The summed E-state index contributed by atoms with van der Waals surface area (Å²) in [4.78, 5) is 47.3. The van der Waals surface area contributed by atoms with Gasteiger partial charge < -0.3 is 34.8 Å². The van der Waals surface area contributed by atoms with Gasteiger partial charge in [-0.15, -0.1) is 11.8 Å². The van der Waals surface area contributed by atoms with Crippen LogP contribution < -0.4 is 5.73 Å². The van der Waals surface area contributed by atoms with E-state index in [0.29, 0.717) is 17.4 Å². The van der Waals surface area contributed by atoms with E-state index in [-0.39, 0.29) is 38.0 Å². The van der Waals surface area contributed by atoms with Crippen molar-refractivity contribution in [2.24, 2.45) is 5.73 Å². The van der Waals surface area contributed by atoms with E-state index >= 15 is 0 Å². The molecule has 0 rings (SSSR count). The summed E-state index contributed by atoms with van der Waals surface area (Å²) in [5, 5.41) is 19.5. The van der Waals surface area contributed by atoms with Gasteiger partial charge in [0.15, 0.2) is 6.10 Å². The zero-order valence-corrected chi connectivity index (χ0v) is 42.8. The standard InChI is InChI=1S/C51H87N2O11PS/c1-6-8-10-12-14-16-18-20-21-22-23-24-26-28-30-32-34-39-50(57)64-45(43-63-65(59,60)62-41-40-53(3,4)5)42-61-51(58)46(52)44-66-48(47(54)36-35-38-49(55)56)37-33-31-29-27-25-19-17-15-13-11-9-7-2/h14-17,20-21,23-25,27,29,31,33,37,45-48,54H,6-13,18-19,22,26,28,30,32,34-36,38-44,52H2,1-5H3,(H-,55,56,59,60)/p+1/b16-14-,17-15-,21-20-,24-23-,27-25-,31-29+,37-33+/t45-,46+,47+,48-/m1/s1. The van der Waals surface area contributed by atoms with Crippen LogP contribution in [0.4, 0.5) is 0 Å². The summed E-state index contributed by atoms with van der Waals surface area (Å²) in [6.07, 6.45) is 43.8. The Hall–Kier alpha value is -3.07. The van der Waals surface area contributed by atoms with Crippen LogP contribution >= 0.6 is 19.6 Å². The molecular formula is C51H88N2O11PS+. The number of likely N-dealkylation sites (N-methyl/N-ethyl adjacent to an activating group) is 1. The number of thioether (sulfide) groups is 1. The molecule has 0 heterocycles. The Morgan fingerprint density at radius 1 is 0.697 bits per heavy atom. The van der Waals surface area contributed by atoms with Crippen LogP contribution in [0.25, 0.3) is 0 Å². The number of phosphoric ester groups is 1. The first-order valence-corrected chi connectivity index (χ1v) is 26.8. The Kier molecular flexibility index (Phi) is 40.1. The lowest BCUT2D eigenvalue weighted by atomic mass is 10.1. The van der Waals surface area contributed by atoms with Gasteiger partial charge >= 0.3 is 25.7 Å². The van der Waals surface area contributed by atoms with E-state index in [1.165, 1.54) is 50.3 Å². The molecule has 0 aromatic rings. The molecule has 0 aromatic carbocycles. The fourth-order valence-electron chi connectivity index (χ4n) is 5.93. The van der Waals surface area contributed by atoms with Crippen molar-refractivity contribution in [3.05, 3.63) is 85.1 Å². The van der Waals surface area contributed by atoms with Crippen molar-refractivity contribution >= 4 is 37.5 Å². The smallest absolute Gasteiger partial charge is 0.472 e. The minimum Gasteiger partial charge on any atom is -0.481 e. The third-order valence-electron chi connectivity index (χ3n) is 9.89. The summed E-state index contributed by atoms with van der Waals surface area (Å²) in [5.74, 6) is -2.27. The van der Waals surface area contributed by atoms with Crippen molar-refractivity contribution in [3.63, 3.8) is 0 Å². The van der Waals surface area contributed by atoms with Crippen LogP contribution in [0.3, 0.4) is 0 Å². The van der Waals surface area contributed by atoms with Gasteiger partial charge in [-0.25, -0.2) is 4.57 Å². The van der Waals surface area contributed by atoms with Crippen LogP contribution in [0.5, 0.6) is 0 Å². The highest BCUT2D eigenvalue weighted by Gasteiger charge is 2.28. The first kappa shape index (κ1) is 62.9. The summed E-state index contributed by atoms with van der Waals surface area (Å²) in [6.45, 7) is 3.74. The van der Waals surface area contributed by atoms with E-state index in [1.807, 2.05) is 45.4 Å². The third kappa shape index (κ3) is 42.3. The van der Waals surface area contributed by atoms with Crippen LogP contribution in [0, 0.1) is 0 Å². The quantitative estimate of drug-likeness (QED) is 0.0113. The number of quaternary nitrogens is 1. The monoisotopic (exact) mass is 968 g/mol. The Bertz CT molecular complexity index is 1520. The predicted octanol–water partition coefficient (Wildman–Crippen LogP) is 10.9. The van der Waals surface area contributed by atoms with E-state index in [1.54, 1.807) is 12.2 Å². The summed E-state index contributed by atoms with van der Waals surface area (Å²) >= 11 is 1.22. The number of nitrogens with zero attached hydrogens (tertiary/aromatic N) is 1. The number of hydrogen-bond donors (Lipinski definition) is 4. The van der Waals surface area contributed by atoms with E-state index < -0.39 is 62.4 Å². The second-order valence-corrected chi connectivity index (χ2v) is 20.0. The van der Waals surface area contributed by atoms with Gasteiger partial charge in [0.25, 0.3) is 0 Å². The fraction of sp³-hybridized carbons (Fsp3) is 0.667. The summed E-state index contributed by atoms with van der Waals surface area (Å²) in [7, 11) is 1.19. The third-order valence-corrected chi connectivity index (χ3v) is 12.3. The Morgan fingerprint density at radius 3 is 1.85 bits per heavy atom. The van der Waals surface area contributed by atoms with Crippen LogP contribution in [0.15, 0.2) is 85.1 Å². The number of aliphatic hydroxyl groups is 1. The molecule has 0 saturated carbocycles. The average Bonchev–Trinajstić information content (AvgIpc) is 3.26. The highest BCUT2D eigenvalue weighted by molar-refractivity contribution is 8.00. The molecule has 5 atom stereocenters. The van der Waals surface area contributed by atoms with Gasteiger partial charge in [-0.1, -0.05) is 137 Å². The van der Waals surface area contributed by atoms with E-state index in [9.17, 15) is 28.9 Å². The average molecular weight is 968 g/mol. The van der Waals surface area contributed by atoms with E-state index in [4.69, 9.17) is 29.4 Å².